The third kappa shape index (κ3) is 7.49. The second kappa shape index (κ2) is 14.2. The molecule has 3 heterocycles. The van der Waals surface area contributed by atoms with Gasteiger partial charge in [0.1, 0.15) is 12.4 Å². The molecule has 40 heavy (non-hydrogen) atoms. The first-order valence-corrected chi connectivity index (χ1v) is 13.9. The van der Waals surface area contributed by atoms with Gasteiger partial charge in [-0.3, -0.25) is 14.6 Å². The fourth-order valence-electron chi connectivity index (χ4n) is 5.81. The summed E-state index contributed by atoms with van der Waals surface area (Å²) in [6, 6.07) is 22.8. The summed E-state index contributed by atoms with van der Waals surface area (Å²) >= 11 is 0. The van der Waals surface area contributed by atoms with Crippen molar-refractivity contribution in [2.45, 2.75) is 45.3 Å². The molecule has 0 N–H and O–H groups in total. The second-order valence-electron chi connectivity index (χ2n) is 10.7. The summed E-state index contributed by atoms with van der Waals surface area (Å²) in [4.78, 5) is 18.0. The fourth-order valence-corrected chi connectivity index (χ4v) is 5.81. The highest BCUT2D eigenvalue weighted by Gasteiger charge is 2.22. The smallest absolute Gasteiger partial charge is 0.231 e. The zero-order valence-electron chi connectivity index (χ0n) is 22.8. The van der Waals surface area contributed by atoms with Gasteiger partial charge in [0.25, 0.3) is 0 Å². The first-order chi connectivity index (χ1) is 18.7. The van der Waals surface area contributed by atoms with E-state index in [-0.39, 0.29) is 30.6 Å². The molecule has 0 saturated carbocycles. The van der Waals surface area contributed by atoms with Gasteiger partial charge in [0.05, 0.1) is 0 Å². The lowest BCUT2D eigenvalue weighted by atomic mass is 9.90. The van der Waals surface area contributed by atoms with E-state index in [1.54, 1.807) is 0 Å². The SMILES string of the molecule is Cl.Cl.O=C(CCC1CCN(Cc2ccc3c(c2)OCO3)CC1)c1ccc2c(c1)CN(Cc1ccccc1)CCO2. The molecule has 3 aromatic rings. The molecular weight excluding hydrogens is 547 g/mol. The monoisotopic (exact) mass is 584 g/mol. The average Bonchev–Trinajstić information content (AvgIpc) is 3.32. The van der Waals surface area contributed by atoms with Crippen LogP contribution in [0.5, 0.6) is 17.2 Å². The van der Waals surface area contributed by atoms with Gasteiger partial charge in [-0.05, 0) is 79.7 Å². The van der Waals surface area contributed by atoms with Gasteiger partial charge in [0, 0.05) is 43.7 Å². The first-order valence-electron chi connectivity index (χ1n) is 13.9. The van der Waals surface area contributed by atoms with Crippen molar-refractivity contribution in [1.29, 1.82) is 0 Å². The molecule has 8 heteroatoms. The number of ether oxygens (including phenoxy) is 3. The number of halogens is 2. The molecule has 0 spiro atoms. The molecule has 1 saturated heterocycles. The van der Waals surface area contributed by atoms with Gasteiger partial charge in [-0.1, -0.05) is 36.4 Å². The van der Waals surface area contributed by atoms with Crippen LogP contribution < -0.4 is 14.2 Å². The zero-order chi connectivity index (χ0) is 25.7. The summed E-state index contributed by atoms with van der Waals surface area (Å²) in [6.45, 7) is 6.61. The lowest BCUT2D eigenvalue weighted by Gasteiger charge is -2.32. The molecule has 3 aromatic carbocycles. The molecule has 3 aliphatic rings. The van der Waals surface area contributed by atoms with E-state index in [0.717, 1.165) is 86.9 Å². The van der Waals surface area contributed by atoms with E-state index in [9.17, 15) is 4.79 Å². The molecule has 0 unspecified atom stereocenters. The number of fused-ring (bicyclic) bond motifs is 2. The Labute approximate surface area is 249 Å². The van der Waals surface area contributed by atoms with Crippen molar-refractivity contribution in [3.8, 4) is 17.2 Å². The van der Waals surface area contributed by atoms with E-state index in [1.165, 1.54) is 11.1 Å². The van der Waals surface area contributed by atoms with Crippen molar-refractivity contribution in [3.63, 3.8) is 0 Å². The van der Waals surface area contributed by atoms with Crippen LogP contribution in [0.2, 0.25) is 0 Å². The molecule has 1 fully saturated rings. The number of piperidine rings is 1. The van der Waals surface area contributed by atoms with Gasteiger partial charge < -0.3 is 14.2 Å². The summed E-state index contributed by atoms with van der Waals surface area (Å²) in [5.74, 6) is 3.45. The van der Waals surface area contributed by atoms with Crippen LogP contribution in [0.3, 0.4) is 0 Å². The maximum absolute atomic E-state index is 13.1. The van der Waals surface area contributed by atoms with E-state index >= 15 is 0 Å². The highest BCUT2D eigenvalue weighted by atomic mass is 35.5. The van der Waals surface area contributed by atoms with E-state index in [0.29, 0.717) is 25.7 Å². The van der Waals surface area contributed by atoms with Crippen molar-refractivity contribution >= 4 is 30.6 Å². The van der Waals surface area contributed by atoms with Gasteiger partial charge in [0.15, 0.2) is 17.3 Å². The Morgan fingerprint density at radius 1 is 0.750 bits per heavy atom. The Balaban J connectivity index is 0.00000185. The number of benzene rings is 3. The number of rotatable bonds is 8. The van der Waals surface area contributed by atoms with Gasteiger partial charge in [-0.25, -0.2) is 0 Å². The molecule has 0 aromatic heterocycles. The van der Waals surface area contributed by atoms with Crippen LogP contribution >= 0.6 is 24.8 Å². The van der Waals surface area contributed by atoms with Crippen LogP contribution in [0.4, 0.5) is 0 Å². The van der Waals surface area contributed by atoms with Crippen molar-refractivity contribution in [2.75, 3.05) is 33.0 Å². The van der Waals surface area contributed by atoms with Crippen molar-refractivity contribution in [1.82, 2.24) is 9.80 Å². The Kier molecular flexibility index (Phi) is 10.7. The minimum absolute atomic E-state index is 0. The molecule has 0 atom stereocenters. The summed E-state index contributed by atoms with van der Waals surface area (Å²) in [5.41, 5.74) is 4.48. The van der Waals surface area contributed by atoms with Crippen LogP contribution in [-0.2, 0) is 19.6 Å². The Morgan fingerprint density at radius 2 is 1.50 bits per heavy atom. The van der Waals surface area contributed by atoms with E-state index in [2.05, 4.69) is 52.3 Å². The highest BCUT2D eigenvalue weighted by molar-refractivity contribution is 5.96. The maximum Gasteiger partial charge on any atom is 0.231 e. The predicted molar refractivity (Wildman–Crippen MR) is 161 cm³/mol. The summed E-state index contributed by atoms with van der Waals surface area (Å²) in [5, 5.41) is 0. The Morgan fingerprint density at radius 3 is 2.33 bits per heavy atom. The molecular formula is C32H38Cl2N2O4. The van der Waals surface area contributed by atoms with Gasteiger partial charge in [-0.2, -0.15) is 0 Å². The van der Waals surface area contributed by atoms with Gasteiger partial charge >= 0.3 is 0 Å². The largest absolute Gasteiger partial charge is 0.492 e. The van der Waals surface area contributed by atoms with Crippen LogP contribution in [0.1, 0.15) is 52.7 Å². The number of carbonyl (C=O) groups excluding carboxylic acids is 1. The van der Waals surface area contributed by atoms with Crippen LogP contribution in [0.15, 0.2) is 66.7 Å². The molecule has 3 aliphatic heterocycles. The zero-order valence-corrected chi connectivity index (χ0v) is 24.4. The molecule has 214 valence electrons. The number of carbonyl (C=O) groups is 1. The lowest BCUT2D eigenvalue weighted by molar-refractivity contribution is 0.0961. The van der Waals surface area contributed by atoms with Crippen molar-refractivity contribution in [3.05, 3.63) is 89.0 Å². The van der Waals surface area contributed by atoms with Gasteiger partial charge in [-0.15, -0.1) is 24.8 Å². The Hall–Kier alpha value is -2.77. The van der Waals surface area contributed by atoms with E-state index in [4.69, 9.17) is 14.2 Å². The van der Waals surface area contributed by atoms with E-state index < -0.39 is 0 Å². The molecule has 0 bridgehead atoms. The third-order valence-corrected chi connectivity index (χ3v) is 8.02. The predicted octanol–water partition coefficient (Wildman–Crippen LogP) is 6.53. The van der Waals surface area contributed by atoms with E-state index in [1.807, 2.05) is 24.3 Å². The Bertz CT molecular complexity index is 1270. The van der Waals surface area contributed by atoms with Crippen molar-refractivity contribution < 1.29 is 19.0 Å². The number of likely N-dealkylation sites (tertiary alicyclic amines) is 1. The fraction of sp³-hybridized carbons (Fsp3) is 0.406. The molecule has 6 rings (SSSR count). The quantitative estimate of drug-likeness (QED) is 0.281. The van der Waals surface area contributed by atoms with Crippen LogP contribution in [0.25, 0.3) is 0 Å². The number of ketones is 1. The summed E-state index contributed by atoms with van der Waals surface area (Å²) < 4.78 is 17.0. The molecule has 6 nitrogen and oxygen atoms in total. The second-order valence-corrected chi connectivity index (χ2v) is 10.7. The van der Waals surface area contributed by atoms with Crippen molar-refractivity contribution in [2.24, 2.45) is 5.92 Å². The average molecular weight is 586 g/mol. The standard InChI is InChI=1S/C32H36N2O4.2ClH/c35-29(9-6-24-12-14-33(15-13-24)21-26-7-10-31-32(18-26)38-23-37-31)27-8-11-30-28(19-27)22-34(16-17-36-30)20-25-4-2-1-3-5-25;;/h1-5,7-8,10-11,18-19,24H,6,9,12-17,20-23H2;2*1H. The topological polar surface area (TPSA) is 51.2 Å². The first kappa shape index (κ1) is 30.2. The van der Waals surface area contributed by atoms with Crippen LogP contribution in [0, 0.1) is 5.92 Å². The minimum atomic E-state index is 0. The third-order valence-electron chi connectivity index (χ3n) is 8.02. The molecule has 0 amide bonds. The van der Waals surface area contributed by atoms with Gasteiger partial charge in [0.2, 0.25) is 6.79 Å². The number of nitrogens with zero attached hydrogens (tertiary/aromatic N) is 2. The number of hydrogen-bond acceptors (Lipinski definition) is 6. The number of Topliss-reactive ketones (excluding diaryl/α,β-unsaturated/α-hetero) is 1. The normalized spacial score (nSPS) is 17.1. The summed E-state index contributed by atoms with van der Waals surface area (Å²) in [6.07, 6.45) is 3.86. The maximum atomic E-state index is 13.1. The minimum Gasteiger partial charge on any atom is -0.492 e. The van der Waals surface area contributed by atoms with Crippen LogP contribution in [-0.4, -0.2) is 48.6 Å². The highest BCUT2D eigenvalue weighted by Crippen LogP contribution is 2.33. The number of hydrogen-bond donors (Lipinski definition) is 0. The molecule has 0 aliphatic carbocycles. The lowest BCUT2D eigenvalue weighted by Crippen LogP contribution is -2.33. The molecule has 0 radical (unpaired) electrons. The summed E-state index contributed by atoms with van der Waals surface area (Å²) in [7, 11) is 0.